The molecule has 0 saturated heterocycles. The Morgan fingerprint density at radius 3 is 2.20 bits per heavy atom. The van der Waals surface area contributed by atoms with Gasteiger partial charge < -0.3 is 15.2 Å². The van der Waals surface area contributed by atoms with Gasteiger partial charge in [0.15, 0.2) is 0 Å². The number of aliphatic hydroxyl groups excluding tert-OH is 1. The Hall–Kier alpha value is -0.120. The molecule has 0 amide bonds. The lowest BCUT2D eigenvalue weighted by molar-refractivity contribution is 0.105. The van der Waals surface area contributed by atoms with Crippen molar-refractivity contribution >= 4 is 0 Å². The van der Waals surface area contributed by atoms with Crippen LogP contribution in [0.1, 0.15) is 79.1 Å². The zero-order valence-corrected chi connectivity index (χ0v) is 14.2. The van der Waals surface area contributed by atoms with Crippen molar-refractivity contribution in [2.75, 3.05) is 19.8 Å². The molecule has 0 saturated carbocycles. The van der Waals surface area contributed by atoms with Crippen LogP contribution in [0.15, 0.2) is 0 Å². The molecular formula is C17H37NO2. The van der Waals surface area contributed by atoms with E-state index in [2.05, 4.69) is 33.0 Å². The molecule has 0 aliphatic heterocycles. The van der Waals surface area contributed by atoms with Gasteiger partial charge in [0.1, 0.15) is 0 Å². The van der Waals surface area contributed by atoms with Crippen molar-refractivity contribution in [1.82, 2.24) is 5.32 Å². The molecular weight excluding hydrogens is 250 g/mol. The van der Waals surface area contributed by atoms with Gasteiger partial charge in [-0.2, -0.15) is 0 Å². The molecule has 0 radical (unpaired) electrons. The highest BCUT2D eigenvalue weighted by Crippen LogP contribution is 2.13. The van der Waals surface area contributed by atoms with Gasteiger partial charge in [-0.05, 0) is 26.2 Å². The Morgan fingerprint density at radius 1 is 1.00 bits per heavy atom. The first-order chi connectivity index (χ1) is 9.54. The SMILES string of the molecule is CCCCCCCCOCCCC(C)(CO)NC(C)C. The van der Waals surface area contributed by atoms with Crippen molar-refractivity contribution in [3.63, 3.8) is 0 Å². The van der Waals surface area contributed by atoms with Gasteiger partial charge in [0.25, 0.3) is 0 Å². The molecule has 0 rings (SSSR count). The number of unbranched alkanes of at least 4 members (excludes halogenated alkanes) is 5. The quantitative estimate of drug-likeness (QED) is 0.476. The Bertz CT molecular complexity index is 209. The number of aliphatic hydroxyl groups is 1. The van der Waals surface area contributed by atoms with E-state index in [-0.39, 0.29) is 12.1 Å². The minimum atomic E-state index is -0.169. The van der Waals surface area contributed by atoms with Crippen LogP contribution in [0.25, 0.3) is 0 Å². The highest BCUT2D eigenvalue weighted by molar-refractivity contribution is 4.83. The highest BCUT2D eigenvalue weighted by Gasteiger charge is 2.22. The summed E-state index contributed by atoms with van der Waals surface area (Å²) in [5.41, 5.74) is -0.169. The van der Waals surface area contributed by atoms with E-state index >= 15 is 0 Å². The van der Waals surface area contributed by atoms with Gasteiger partial charge >= 0.3 is 0 Å². The maximum absolute atomic E-state index is 9.47. The van der Waals surface area contributed by atoms with Gasteiger partial charge in [-0.25, -0.2) is 0 Å². The topological polar surface area (TPSA) is 41.5 Å². The Morgan fingerprint density at radius 2 is 1.60 bits per heavy atom. The van der Waals surface area contributed by atoms with E-state index < -0.39 is 0 Å². The fourth-order valence-corrected chi connectivity index (χ4v) is 2.54. The third-order valence-electron chi connectivity index (χ3n) is 3.65. The first kappa shape index (κ1) is 19.9. The normalized spacial score (nSPS) is 14.7. The highest BCUT2D eigenvalue weighted by atomic mass is 16.5. The summed E-state index contributed by atoms with van der Waals surface area (Å²) in [6.07, 6.45) is 9.83. The van der Waals surface area contributed by atoms with Crippen molar-refractivity contribution in [2.45, 2.75) is 90.6 Å². The lowest BCUT2D eigenvalue weighted by Gasteiger charge is -2.31. The number of nitrogens with one attached hydrogen (secondary N) is 1. The van der Waals surface area contributed by atoms with E-state index in [4.69, 9.17) is 4.74 Å². The molecule has 2 N–H and O–H groups in total. The van der Waals surface area contributed by atoms with Crippen LogP contribution in [-0.2, 0) is 4.74 Å². The number of hydrogen-bond acceptors (Lipinski definition) is 3. The van der Waals surface area contributed by atoms with Gasteiger partial charge in [0.05, 0.1) is 6.61 Å². The maximum Gasteiger partial charge on any atom is 0.0610 e. The van der Waals surface area contributed by atoms with E-state index in [1.807, 2.05) is 0 Å². The summed E-state index contributed by atoms with van der Waals surface area (Å²) in [5, 5.41) is 12.9. The minimum Gasteiger partial charge on any atom is -0.394 e. The Labute approximate surface area is 126 Å². The van der Waals surface area contributed by atoms with E-state index in [0.717, 1.165) is 26.1 Å². The minimum absolute atomic E-state index is 0.169. The fraction of sp³-hybridized carbons (Fsp3) is 1.00. The first-order valence-electron chi connectivity index (χ1n) is 8.50. The lowest BCUT2D eigenvalue weighted by Crippen LogP contribution is -2.49. The van der Waals surface area contributed by atoms with Crippen LogP contribution in [0.2, 0.25) is 0 Å². The van der Waals surface area contributed by atoms with E-state index in [1.54, 1.807) is 0 Å². The monoisotopic (exact) mass is 287 g/mol. The summed E-state index contributed by atoms with van der Waals surface area (Å²) < 4.78 is 5.68. The van der Waals surface area contributed by atoms with Crippen molar-refractivity contribution < 1.29 is 9.84 Å². The lowest BCUT2D eigenvalue weighted by atomic mass is 9.96. The van der Waals surface area contributed by atoms with Crippen LogP contribution in [0, 0.1) is 0 Å². The average Bonchev–Trinajstić information content (AvgIpc) is 2.40. The Balaban J connectivity index is 3.42. The molecule has 0 aliphatic carbocycles. The summed E-state index contributed by atoms with van der Waals surface area (Å²) in [7, 11) is 0. The molecule has 3 heteroatoms. The fourth-order valence-electron chi connectivity index (χ4n) is 2.54. The van der Waals surface area contributed by atoms with Crippen LogP contribution in [-0.4, -0.2) is 36.5 Å². The average molecular weight is 287 g/mol. The molecule has 0 spiro atoms. The van der Waals surface area contributed by atoms with Crippen molar-refractivity contribution in [3.05, 3.63) is 0 Å². The van der Waals surface area contributed by atoms with Gasteiger partial charge in [-0.15, -0.1) is 0 Å². The summed E-state index contributed by atoms with van der Waals surface area (Å²) >= 11 is 0. The molecule has 0 fully saturated rings. The van der Waals surface area contributed by atoms with Crippen molar-refractivity contribution in [1.29, 1.82) is 0 Å². The number of hydrogen-bond donors (Lipinski definition) is 2. The third kappa shape index (κ3) is 11.7. The molecule has 1 atom stereocenters. The van der Waals surface area contributed by atoms with E-state index in [9.17, 15) is 5.11 Å². The zero-order valence-electron chi connectivity index (χ0n) is 14.2. The molecule has 0 aromatic heterocycles. The smallest absolute Gasteiger partial charge is 0.0610 e. The molecule has 0 bridgehead atoms. The van der Waals surface area contributed by atoms with Crippen LogP contribution in [0.5, 0.6) is 0 Å². The number of rotatable bonds is 14. The second kappa shape index (κ2) is 12.6. The molecule has 122 valence electrons. The predicted octanol–water partition coefficient (Wildman–Crippen LogP) is 3.89. The van der Waals surface area contributed by atoms with Gasteiger partial charge in [0.2, 0.25) is 0 Å². The van der Waals surface area contributed by atoms with Crippen LogP contribution in [0.4, 0.5) is 0 Å². The van der Waals surface area contributed by atoms with Gasteiger partial charge in [-0.1, -0.05) is 52.9 Å². The maximum atomic E-state index is 9.47. The summed E-state index contributed by atoms with van der Waals surface area (Å²) in [5.74, 6) is 0. The third-order valence-corrected chi connectivity index (χ3v) is 3.65. The van der Waals surface area contributed by atoms with Crippen molar-refractivity contribution in [2.24, 2.45) is 0 Å². The first-order valence-corrected chi connectivity index (χ1v) is 8.50. The molecule has 0 heterocycles. The van der Waals surface area contributed by atoms with E-state index in [1.165, 1.54) is 38.5 Å². The van der Waals surface area contributed by atoms with Crippen LogP contribution < -0.4 is 5.32 Å². The second-order valence-corrected chi connectivity index (χ2v) is 6.50. The van der Waals surface area contributed by atoms with Gasteiger partial charge in [-0.3, -0.25) is 0 Å². The van der Waals surface area contributed by atoms with Crippen LogP contribution in [0.3, 0.4) is 0 Å². The molecule has 0 aromatic rings. The summed E-state index contributed by atoms with van der Waals surface area (Å²) in [6.45, 7) is 10.4. The second-order valence-electron chi connectivity index (χ2n) is 6.50. The molecule has 1 unspecified atom stereocenters. The predicted molar refractivity (Wildman–Crippen MR) is 87.2 cm³/mol. The zero-order chi connectivity index (χ0) is 15.3. The summed E-state index contributed by atoms with van der Waals surface area (Å²) in [4.78, 5) is 0. The van der Waals surface area contributed by atoms with Gasteiger partial charge in [0, 0.05) is 24.8 Å². The standard InChI is InChI=1S/C17H37NO2/c1-5-6-7-8-9-10-13-20-14-11-12-17(4,15-19)18-16(2)3/h16,18-19H,5-15H2,1-4H3. The molecule has 0 aliphatic rings. The van der Waals surface area contributed by atoms with Crippen molar-refractivity contribution in [3.8, 4) is 0 Å². The largest absolute Gasteiger partial charge is 0.394 e. The molecule has 20 heavy (non-hydrogen) atoms. The molecule has 3 nitrogen and oxygen atoms in total. The Kier molecular flexibility index (Phi) is 12.5. The summed E-state index contributed by atoms with van der Waals surface area (Å²) in [6, 6.07) is 0.399. The number of ether oxygens (including phenoxy) is 1. The van der Waals surface area contributed by atoms with E-state index in [0.29, 0.717) is 6.04 Å². The van der Waals surface area contributed by atoms with Crippen LogP contribution >= 0.6 is 0 Å². The molecule has 0 aromatic carbocycles.